The number of nitrogens with one attached hydrogen (secondary N) is 1. The Balaban J connectivity index is 0.00000288. The standard InChI is InChI=1S/C15H16F3N3O2.2ClH/c16-11-4-2-1-3-10(11)12-7-20-14(23-12)6-5-13(22)21-9-15(17,18)8-19;;/h1-4,7H,5-6,8-9,19H2,(H,21,22);2*1H. The number of amides is 1. The summed E-state index contributed by atoms with van der Waals surface area (Å²) in [6.45, 7) is -1.65. The summed E-state index contributed by atoms with van der Waals surface area (Å²) in [4.78, 5) is 15.4. The van der Waals surface area contributed by atoms with E-state index in [4.69, 9.17) is 10.2 Å². The van der Waals surface area contributed by atoms with Gasteiger partial charge in [-0.1, -0.05) is 12.1 Å². The molecule has 0 unspecified atom stereocenters. The first-order chi connectivity index (χ1) is 10.9. The monoisotopic (exact) mass is 399 g/mol. The second kappa shape index (κ2) is 10.3. The number of carbonyl (C=O) groups excluding carboxylic acids is 1. The summed E-state index contributed by atoms with van der Waals surface area (Å²) in [5, 5.41) is 2.09. The largest absolute Gasteiger partial charge is 0.441 e. The third kappa shape index (κ3) is 6.93. The maximum atomic E-state index is 13.6. The quantitative estimate of drug-likeness (QED) is 0.749. The molecule has 1 aromatic heterocycles. The topological polar surface area (TPSA) is 81.1 Å². The summed E-state index contributed by atoms with van der Waals surface area (Å²) in [5.74, 6) is -3.67. The highest BCUT2D eigenvalue weighted by Crippen LogP contribution is 2.23. The fraction of sp³-hybridized carbons (Fsp3) is 0.333. The van der Waals surface area contributed by atoms with E-state index in [1.54, 1.807) is 18.2 Å². The van der Waals surface area contributed by atoms with Gasteiger partial charge in [0.2, 0.25) is 5.91 Å². The molecule has 1 heterocycles. The van der Waals surface area contributed by atoms with E-state index < -0.39 is 30.7 Å². The van der Waals surface area contributed by atoms with Crippen molar-refractivity contribution in [2.24, 2.45) is 5.73 Å². The number of hydrogen-bond acceptors (Lipinski definition) is 4. The van der Waals surface area contributed by atoms with Gasteiger partial charge in [0.05, 0.1) is 24.8 Å². The van der Waals surface area contributed by atoms with Crippen LogP contribution in [0.5, 0.6) is 0 Å². The molecular weight excluding hydrogens is 382 g/mol. The van der Waals surface area contributed by atoms with Crippen molar-refractivity contribution in [3.63, 3.8) is 0 Å². The fourth-order valence-electron chi connectivity index (χ4n) is 1.82. The van der Waals surface area contributed by atoms with Crippen LogP contribution < -0.4 is 11.1 Å². The number of aromatic nitrogens is 1. The molecule has 0 saturated carbocycles. The lowest BCUT2D eigenvalue weighted by Crippen LogP contribution is -2.41. The van der Waals surface area contributed by atoms with Gasteiger partial charge in [-0.25, -0.2) is 18.2 Å². The zero-order chi connectivity index (χ0) is 16.9. The minimum atomic E-state index is -3.13. The van der Waals surface area contributed by atoms with Gasteiger partial charge in [-0.3, -0.25) is 4.79 Å². The molecule has 0 aliphatic rings. The van der Waals surface area contributed by atoms with E-state index in [1.807, 2.05) is 0 Å². The average molecular weight is 400 g/mol. The molecule has 0 spiro atoms. The minimum Gasteiger partial charge on any atom is -0.441 e. The average Bonchev–Trinajstić information content (AvgIpc) is 3.00. The minimum absolute atomic E-state index is 0. The van der Waals surface area contributed by atoms with E-state index >= 15 is 0 Å². The normalized spacial score (nSPS) is 10.6. The van der Waals surface area contributed by atoms with Crippen molar-refractivity contribution in [2.45, 2.75) is 18.8 Å². The van der Waals surface area contributed by atoms with Crippen LogP contribution in [0.2, 0.25) is 0 Å². The summed E-state index contributed by atoms with van der Waals surface area (Å²) in [6, 6.07) is 6.05. The van der Waals surface area contributed by atoms with E-state index in [0.717, 1.165) is 0 Å². The molecule has 0 radical (unpaired) electrons. The SMILES string of the molecule is Cl.Cl.NCC(F)(F)CNC(=O)CCc1ncc(-c2ccccc2F)o1. The summed E-state index contributed by atoms with van der Waals surface area (Å²) in [6.07, 6.45) is 1.40. The van der Waals surface area contributed by atoms with Gasteiger partial charge >= 0.3 is 0 Å². The summed E-state index contributed by atoms with van der Waals surface area (Å²) >= 11 is 0. The number of hydrogen-bond donors (Lipinski definition) is 2. The van der Waals surface area contributed by atoms with E-state index in [0.29, 0.717) is 0 Å². The maximum Gasteiger partial charge on any atom is 0.277 e. The molecule has 25 heavy (non-hydrogen) atoms. The van der Waals surface area contributed by atoms with Crippen molar-refractivity contribution in [1.29, 1.82) is 0 Å². The molecule has 10 heteroatoms. The van der Waals surface area contributed by atoms with Crippen LogP contribution >= 0.6 is 24.8 Å². The Morgan fingerprint density at radius 3 is 2.60 bits per heavy atom. The molecular formula is C15H18Cl2F3N3O2. The van der Waals surface area contributed by atoms with Gasteiger partial charge in [0.1, 0.15) is 5.82 Å². The Morgan fingerprint density at radius 1 is 1.28 bits per heavy atom. The second-order valence-corrected chi connectivity index (χ2v) is 4.93. The summed E-state index contributed by atoms with van der Waals surface area (Å²) < 4.78 is 44.8. The van der Waals surface area contributed by atoms with Crippen molar-refractivity contribution in [3.05, 3.63) is 42.2 Å². The molecule has 140 valence electrons. The lowest BCUT2D eigenvalue weighted by Gasteiger charge is -2.14. The second-order valence-electron chi connectivity index (χ2n) is 4.93. The number of benzene rings is 1. The number of carbonyl (C=O) groups is 1. The van der Waals surface area contributed by atoms with E-state index in [2.05, 4.69) is 10.3 Å². The molecule has 0 aliphatic carbocycles. The van der Waals surface area contributed by atoms with Crippen molar-refractivity contribution in [1.82, 2.24) is 10.3 Å². The highest BCUT2D eigenvalue weighted by Gasteiger charge is 2.27. The number of oxazole rings is 1. The van der Waals surface area contributed by atoms with Crippen molar-refractivity contribution in [3.8, 4) is 11.3 Å². The third-order valence-corrected chi connectivity index (χ3v) is 3.10. The van der Waals surface area contributed by atoms with Gasteiger partial charge < -0.3 is 15.5 Å². The Hall–Kier alpha value is -1.77. The fourth-order valence-corrected chi connectivity index (χ4v) is 1.82. The van der Waals surface area contributed by atoms with Gasteiger partial charge in [0.15, 0.2) is 11.7 Å². The van der Waals surface area contributed by atoms with Crippen LogP contribution in [0.15, 0.2) is 34.9 Å². The molecule has 3 N–H and O–H groups in total. The van der Waals surface area contributed by atoms with Crippen LogP contribution in [-0.2, 0) is 11.2 Å². The maximum absolute atomic E-state index is 13.6. The molecule has 5 nitrogen and oxygen atoms in total. The number of nitrogens with zero attached hydrogens (tertiary/aromatic N) is 1. The molecule has 0 saturated heterocycles. The Labute approximate surface area is 155 Å². The smallest absolute Gasteiger partial charge is 0.277 e. The van der Waals surface area contributed by atoms with Crippen LogP contribution in [0, 0.1) is 5.82 Å². The molecule has 0 fully saturated rings. The van der Waals surface area contributed by atoms with Gasteiger partial charge in [-0.2, -0.15) is 0 Å². The first-order valence-corrected chi connectivity index (χ1v) is 6.95. The summed E-state index contributed by atoms with van der Waals surface area (Å²) in [7, 11) is 0. The zero-order valence-electron chi connectivity index (χ0n) is 13.0. The molecule has 0 bridgehead atoms. The van der Waals surface area contributed by atoms with E-state index in [-0.39, 0.29) is 54.9 Å². The van der Waals surface area contributed by atoms with Gasteiger partial charge in [0.25, 0.3) is 5.92 Å². The molecule has 0 aliphatic heterocycles. The lowest BCUT2D eigenvalue weighted by atomic mass is 10.2. The van der Waals surface area contributed by atoms with Crippen LogP contribution in [0.1, 0.15) is 12.3 Å². The van der Waals surface area contributed by atoms with Crippen molar-refractivity contribution >= 4 is 30.7 Å². The Kier molecular flexibility index (Phi) is 9.55. The predicted octanol–water partition coefficient (Wildman–Crippen LogP) is 2.97. The molecule has 1 amide bonds. The highest BCUT2D eigenvalue weighted by molar-refractivity contribution is 5.85. The van der Waals surface area contributed by atoms with Crippen LogP contribution in [0.25, 0.3) is 11.3 Å². The molecule has 0 atom stereocenters. The zero-order valence-corrected chi connectivity index (χ0v) is 14.6. The van der Waals surface area contributed by atoms with Crippen LogP contribution in [0.4, 0.5) is 13.2 Å². The highest BCUT2D eigenvalue weighted by atomic mass is 35.5. The predicted molar refractivity (Wildman–Crippen MR) is 91.7 cm³/mol. The Bertz CT molecular complexity index is 684. The van der Waals surface area contributed by atoms with Crippen molar-refractivity contribution in [2.75, 3.05) is 13.1 Å². The number of rotatable bonds is 7. The number of aryl methyl sites for hydroxylation is 1. The first kappa shape index (κ1) is 23.2. The van der Waals surface area contributed by atoms with E-state index in [9.17, 15) is 18.0 Å². The van der Waals surface area contributed by atoms with Crippen molar-refractivity contribution < 1.29 is 22.4 Å². The van der Waals surface area contributed by atoms with E-state index in [1.165, 1.54) is 12.3 Å². The molecule has 2 aromatic rings. The van der Waals surface area contributed by atoms with Gasteiger partial charge in [-0.05, 0) is 12.1 Å². The van der Waals surface area contributed by atoms with Gasteiger partial charge in [-0.15, -0.1) is 24.8 Å². The number of halogens is 5. The van der Waals surface area contributed by atoms with Gasteiger partial charge in [0, 0.05) is 12.8 Å². The molecule has 2 rings (SSSR count). The lowest BCUT2D eigenvalue weighted by molar-refractivity contribution is -0.122. The van der Waals surface area contributed by atoms with Crippen LogP contribution in [0.3, 0.4) is 0 Å². The third-order valence-electron chi connectivity index (χ3n) is 3.10. The molecule has 1 aromatic carbocycles. The van der Waals surface area contributed by atoms with Crippen LogP contribution in [-0.4, -0.2) is 29.9 Å². The Morgan fingerprint density at radius 2 is 1.96 bits per heavy atom. The first-order valence-electron chi connectivity index (χ1n) is 6.95. The number of alkyl halides is 2. The summed E-state index contributed by atoms with van der Waals surface area (Å²) in [5.41, 5.74) is 5.13. The number of nitrogens with two attached hydrogens (primary N) is 1.